The Morgan fingerprint density at radius 1 is 1.25 bits per heavy atom. The first-order valence-electron chi connectivity index (χ1n) is 9.51. The van der Waals surface area contributed by atoms with Crippen LogP contribution < -0.4 is 4.74 Å². The van der Waals surface area contributed by atoms with E-state index < -0.39 is 0 Å². The fraction of sp³-hybridized carbons (Fsp3) is 0.217. The molecule has 28 heavy (non-hydrogen) atoms. The molecule has 5 nitrogen and oxygen atoms in total. The fourth-order valence-corrected chi connectivity index (χ4v) is 3.54. The van der Waals surface area contributed by atoms with Crippen molar-refractivity contribution in [2.75, 3.05) is 13.2 Å². The molecule has 0 bridgehead atoms. The summed E-state index contributed by atoms with van der Waals surface area (Å²) in [7, 11) is 0. The highest BCUT2D eigenvalue weighted by Gasteiger charge is 2.30. The van der Waals surface area contributed by atoms with Gasteiger partial charge in [0.15, 0.2) is 0 Å². The molecule has 3 aromatic rings. The number of amides is 1. The van der Waals surface area contributed by atoms with Crippen LogP contribution in [0.2, 0.25) is 0 Å². The Morgan fingerprint density at radius 3 is 2.86 bits per heavy atom. The largest absolute Gasteiger partial charge is 0.490 e. The Kier molecular flexibility index (Phi) is 5.24. The highest BCUT2D eigenvalue weighted by atomic mass is 16.5. The van der Waals surface area contributed by atoms with Crippen LogP contribution in [0.15, 0.2) is 67.3 Å². The van der Waals surface area contributed by atoms with Gasteiger partial charge in [-0.15, -0.1) is 0 Å². The van der Waals surface area contributed by atoms with E-state index in [4.69, 9.17) is 4.74 Å². The Labute approximate surface area is 164 Å². The minimum Gasteiger partial charge on any atom is -0.490 e. The molecule has 1 amide bonds. The number of carbonyl (C=O) groups is 1. The van der Waals surface area contributed by atoms with Gasteiger partial charge in [-0.1, -0.05) is 36.9 Å². The van der Waals surface area contributed by atoms with E-state index in [9.17, 15) is 4.79 Å². The molecule has 0 saturated carbocycles. The molecule has 2 aromatic carbocycles. The summed E-state index contributed by atoms with van der Waals surface area (Å²) < 4.78 is 5.48. The quantitative estimate of drug-likeness (QED) is 0.511. The predicted octanol–water partition coefficient (Wildman–Crippen LogP) is 4.50. The number of aromatic nitrogens is 2. The molecule has 2 heterocycles. The van der Waals surface area contributed by atoms with Gasteiger partial charge >= 0.3 is 0 Å². The van der Waals surface area contributed by atoms with E-state index in [1.54, 1.807) is 12.2 Å². The van der Waals surface area contributed by atoms with Crippen LogP contribution in [-0.4, -0.2) is 33.9 Å². The first-order valence-corrected chi connectivity index (χ1v) is 9.51. The molecule has 1 aromatic heterocycles. The topological polar surface area (TPSA) is 58.2 Å². The van der Waals surface area contributed by atoms with E-state index in [1.165, 1.54) is 0 Å². The summed E-state index contributed by atoms with van der Waals surface area (Å²) in [6, 6.07) is 15.6. The summed E-state index contributed by atoms with van der Waals surface area (Å²) in [6.07, 6.45) is 7.10. The third-order valence-electron chi connectivity index (χ3n) is 4.93. The Bertz CT molecular complexity index is 971. The highest BCUT2D eigenvalue weighted by Crippen LogP contribution is 2.31. The number of hydrogen-bond donors (Lipinski definition) is 1. The smallest absolute Gasteiger partial charge is 0.247 e. The molecule has 1 aliphatic heterocycles. The number of imidazole rings is 1. The molecule has 0 aliphatic carbocycles. The van der Waals surface area contributed by atoms with Crippen LogP contribution in [-0.2, 0) is 4.79 Å². The third kappa shape index (κ3) is 3.83. The molecule has 1 aliphatic rings. The summed E-state index contributed by atoms with van der Waals surface area (Å²) in [5.74, 6) is 1.66. The second-order valence-corrected chi connectivity index (χ2v) is 6.83. The number of nitrogens with zero attached hydrogens (tertiary/aromatic N) is 2. The maximum atomic E-state index is 12.8. The average molecular weight is 373 g/mol. The minimum absolute atomic E-state index is 0.000714. The molecule has 1 N–H and O–H groups in total. The normalized spacial score (nSPS) is 16.7. The van der Waals surface area contributed by atoms with Gasteiger partial charge in [-0.05, 0) is 48.7 Å². The maximum absolute atomic E-state index is 12.8. The standard InChI is InChI=1S/C23H23N3O2/c1-2-16-28-18-12-9-17(10-13-18)11-14-22(27)26-15-5-8-21(26)23-24-19-6-3-4-7-20(19)25-23/h2-4,6-7,9-14,21H,1,5,8,15-16H2,(H,24,25)/b14-11+/t21-/m1/s1. The van der Waals surface area contributed by atoms with E-state index in [1.807, 2.05) is 59.5 Å². The number of benzene rings is 2. The van der Waals surface area contributed by atoms with Crippen molar-refractivity contribution >= 4 is 23.0 Å². The summed E-state index contributed by atoms with van der Waals surface area (Å²) in [5, 5.41) is 0. The molecule has 142 valence electrons. The second kappa shape index (κ2) is 8.13. The van der Waals surface area contributed by atoms with Crippen LogP contribution in [0.3, 0.4) is 0 Å². The Hall–Kier alpha value is -3.34. The van der Waals surface area contributed by atoms with Crippen molar-refractivity contribution in [3.63, 3.8) is 0 Å². The van der Waals surface area contributed by atoms with Gasteiger partial charge in [-0.25, -0.2) is 4.98 Å². The first kappa shape index (κ1) is 18.0. The van der Waals surface area contributed by atoms with E-state index in [-0.39, 0.29) is 11.9 Å². The second-order valence-electron chi connectivity index (χ2n) is 6.83. The van der Waals surface area contributed by atoms with Gasteiger partial charge in [0.25, 0.3) is 0 Å². The molecule has 0 radical (unpaired) electrons. The monoisotopic (exact) mass is 373 g/mol. The van der Waals surface area contributed by atoms with Gasteiger partial charge in [0.1, 0.15) is 18.2 Å². The van der Waals surface area contributed by atoms with Gasteiger partial charge < -0.3 is 14.6 Å². The van der Waals surface area contributed by atoms with Crippen molar-refractivity contribution in [1.82, 2.24) is 14.9 Å². The molecular weight excluding hydrogens is 350 g/mol. The lowest BCUT2D eigenvalue weighted by molar-refractivity contribution is -0.126. The zero-order valence-electron chi connectivity index (χ0n) is 15.7. The molecule has 0 spiro atoms. The van der Waals surface area contributed by atoms with Crippen molar-refractivity contribution in [1.29, 1.82) is 0 Å². The van der Waals surface area contributed by atoms with Crippen LogP contribution >= 0.6 is 0 Å². The van der Waals surface area contributed by atoms with Crippen LogP contribution in [0.4, 0.5) is 0 Å². The minimum atomic E-state index is -0.000714. The van der Waals surface area contributed by atoms with Crippen molar-refractivity contribution in [2.45, 2.75) is 18.9 Å². The average Bonchev–Trinajstić information content (AvgIpc) is 3.37. The number of likely N-dealkylation sites (tertiary alicyclic amines) is 1. The van der Waals surface area contributed by atoms with Crippen molar-refractivity contribution in [3.8, 4) is 5.75 Å². The van der Waals surface area contributed by atoms with Crippen LogP contribution in [0.1, 0.15) is 30.3 Å². The molecule has 1 atom stereocenters. The number of hydrogen-bond acceptors (Lipinski definition) is 3. The Balaban J connectivity index is 1.46. The zero-order chi connectivity index (χ0) is 19.3. The number of rotatable bonds is 6. The third-order valence-corrected chi connectivity index (χ3v) is 4.93. The van der Waals surface area contributed by atoms with Gasteiger partial charge in [-0.3, -0.25) is 4.79 Å². The lowest BCUT2D eigenvalue weighted by Crippen LogP contribution is -2.29. The number of aromatic amines is 1. The fourth-order valence-electron chi connectivity index (χ4n) is 3.54. The number of fused-ring (bicyclic) bond motifs is 1. The van der Waals surface area contributed by atoms with Crippen LogP contribution in [0.5, 0.6) is 5.75 Å². The van der Waals surface area contributed by atoms with E-state index in [0.717, 1.165) is 47.6 Å². The molecular formula is C23H23N3O2. The highest BCUT2D eigenvalue weighted by molar-refractivity contribution is 5.92. The summed E-state index contributed by atoms with van der Waals surface area (Å²) in [6.45, 7) is 4.86. The molecule has 1 fully saturated rings. The molecule has 1 saturated heterocycles. The number of H-pyrrole nitrogens is 1. The summed E-state index contributed by atoms with van der Waals surface area (Å²) in [5.41, 5.74) is 2.90. The van der Waals surface area contributed by atoms with E-state index in [0.29, 0.717) is 6.61 Å². The first-order chi connectivity index (χ1) is 13.7. The lowest BCUT2D eigenvalue weighted by Gasteiger charge is -2.21. The van der Waals surface area contributed by atoms with Gasteiger partial charge in [-0.2, -0.15) is 0 Å². The zero-order valence-corrected chi connectivity index (χ0v) is 15.7. The number of para-hydroxylation sites is 2. The molecule has 0 unspecified atom stereocenters. The maximum Gasteiger partial charge on any atom is 0.247 e. The number of nitrogens with one attached hydrogen (secondary N) is 1. The van der Waals surface area contributed by atoms with Gasteiger partial charge in [0.05, 0.1) is 17.1 Å². The van der Waals surface area contributed by atoms with Crippen LogP contribution in [0.25, 0.3) is 17.1 Å². The van der Waals surface area contributed by atoms with Gasteiger partial charge in [0.2, 0.25) is 5.91 Å². The van der Waals surface area contributed by atoms with Crippen molar-refractivity contribution in [3.05, 3.63) is 78.6 Å². The Morgan fingerprint density at radius 2 is 2.07 bits per heavy atom. The SMILES string of the molecule is C=CCOc1ccc(/C=C/C(=O)N2CCC[C@@H]2c2nc3ccccc3[nH]2)cc1. The summed E-state index contributed by atoms with van der Waals surface area (Å²) >= 11 is 0. The van der Waals surface area contributed by atoms with E-state index in [2.05, 4.69) is 16.5 Å². The number of carbonyl (C=O) groups excluding carboxylic acids is 1. The van der Waals surface area contributed by atoms with Crippen molar-refractivity contribution in [2.24, 2.45) is 0 Å². The lowest BCUT2D eigenvalue weighted by atomic mass is 10.2. The van der Waals surface area contributed by atoms with Crippen molar-refractivity contribution < 1.29 is 9.53 Å². The molecule has 5 heteroatoms. The molecule has 4 rings (SSSR count). The van der Waals surface area contributed by atoms with E-state index >= 15 is 0 Å². The number of ether oxygens (including phenoxy) is 1. The van der Waals surface area contributed by atoms with Gasteiger partial charge in [0, 0.05) is 12.6 Å². The van der Waals surface area contributed by atoms with Crippen LogP contribution in [0, 0.1) is 0 Å². The predicted molar refractivity (Wildman–Crippen MR) is 111 cm³/mol. The summed E-state index contributed by atoms with van der Waals surface area (Å²) in [4.78, 5) is 22.7.